The van der Waals surface area contributed by atoms with Crippen LogP contribution in [-0.4, -0.2) is 48.7 Å². The highest BCUT2D eigenvalue weighted by Gasteiger charge is 2.49. The van der Waals surface area contributed by atoms with Crippen molar-refractivity contribution < 1.29 is 18.7 Å². The predicted octanol–water partition coefficient (Wildman–Crippen LogP) is 4.56. The number of nitrogens with zero attached hydrogens (tertiary/aromatic N) is 3. The minimum atomic E-state index is -0.871. The van der Waals surface area contributed by atoms with E-state index < -0.39 is 5.72 Å². The van der Waals surface area contributed by atoms with Gasteiger partial charge in [-0.15, -0.1) is 0 Å². The van der Waals surface area contributed by atoms with Crippen LogP contribution in [0, 0.1) is 5.82 Å². The van der Waals surface area contributed by atoms with Crippen molar-refractivity contribution in [3.8, 4) is 5.75 Å². The number of amides is 3. The molecule has 3 aliphatic heterocycles. The Morgan fingerprint density at radius 3 is 2.50 bits per heavy atom. The van der Waals surface area contributed by atoms with Gasteiger partial charge in [0.1, 0.15) is 11.6 Å². The number of nitrogens with one attached hydrogen (secondary N) is 1. The number of piperazine rings is 1. The van der Waals surface area contributed by atoms with Crippen molar-refractivity contribution in [1.29, 1.82) is 0 Å². The van der Waals surface area contributed by atoms with E-state index in [1.54, 1.807) is 35.2 Å². The molecule has 3 aromatic carbocycles. The molecule has 8 heteroatoms. The number of anilines is 2. The highest BCUT2D eigenvalue weighted by atomic mass is 19.1. The fourth-order valence-electron chi connectivity index (χ4n) is 5.49. The molecule has 0 spiro atoms. The summed E-state index contributed by atoms with van der Waals surface area (Å²) in [5, 5.41) is 3.10. The molecular formula is C28H27FN4O3. The summed E-state index contributed by atoms with van der Waals surface area (Å²) < 4.78 is 19.6. The lowest BCUT2D eigenvalue weighted by Crippen LogP contribution is -2.65. The highest BCUT2D eigenvalue weighted by molar-refractivity contribution is 5.99. The molecule has 3 heterocycles. The van der Waals surface area contributed by atoms with E-state index in [4.69, 9.17) is 4.74 Å². The number of halogens is 1. The molecular weight excluding hydrogens is 459 g/mol. The lowest BCUT2D eigenvalue weighted by molar-refractivity contribution is 0.0378. The molecule has 6 rings (SSSR count). The van der Waals surface area contributed by atoms with Gasteiger partial charge in [-0.2, -0.15) is 0 Å². The topological polar surface area (TPSA) is 65.1 Å². The van der Waals surface area contributed by atoms with Gasteiger partial charge >= 0.3 is 6.03 Å². The first-order valence-corrected chi connectivity index (χ1v) is 12.2. The lowest BCUT2D eigenvalue weighted by atomic mass is 9.90. The maximum absolute atomic E-state index is 13.4. The van der Waals surface area contributed by atoms with E-state index in [1.807, 2.05) is 42.2 Å². The molecule has 7 nitrogen and oxygen atoms in total. The van der Waals surface area contributed by atoms with Gasteiger partial charge in [0.15, 0.2) is 5.72 Å². The van der Waals surface area contributed by atoms with E-state index in [0.29, 0.717) is 43.9 Å². The van der Waals surface area contributed by atoms with E-state index >= 15 is 0 Å². The number of para-hydroxylation sites is 1. The van der Waals surface area contributed by atoms with Crippen molar-refractivity contribution in [1.82, 2.24) is 10.2 Å². The van der Waals surface area contributed by atoms with Crippen molar-refractivity contribution in [3.05, 3.63) is 89.7 Å². The van der Waals surface area contributed by atoms with Crippen LogP contribution in [0.25, 0.3) is 0 Å². The van der Waals surface area contributed by atoms with Crippen LogP contribution >= 0.6 is 0 Å². The van der Waals surface area contributed by atoms with Gasteiger partial charge in [0, 0.05) is 49.4 Å². The predicted molar refractivity (Wildman–Crippen MR) is 135 cm³/mol. The summed E-state index contributed by atoms with van der Waals surface area (Å²) in [4.78, 5) is 32.2. The summed E-state index contributed by atoms with van der Waals surface area (Å²) in [5.41, 5.74) is 2.19. The Balaban J connectivity index is 1.20. The fraction of sp³-hybridized carbons (Fsp3) is 0.286. The Morgan fingerprint density at radius 1 is 0.972 bits per heavy atom. The first-order valence-electron chi connectivity index (χ1n) is 12.2. The molecule has 0 aliphatic carbocycles. The lowest BCUT2D eigenvalue weighted by Gasteiger charge is -2.50. The summed E-state index contributed by atoms with van der Waals surface area (Å²) in [5.74, 6) is 0.417. The molecule has 2 saturated heterocycles. The molecule has 2 bridgehead atoms. The minimum Gasteiger partial charge on any atom is -0.467 e. The first kappa shape index (κ1) is 22.4. The van der Waals surface area contributed by atoms with E-state index in [-0.39, 0.29) is 23.8 Å². The van der Waals surface area contributed by atoms with Crippen molar-refractivity contribution in [2.45, 2.75) is 25.1 Å². The second-order valence-corrected chi connectivity index (χ2v) is 9.66. The van der Waals surface area contributed by atoms with Gasteiger partial charge in [0.25, 0.3) is 5.91 Å². The van der Waals surface area contributed by atoms with Gasteiger partial charge in [0.05, 0.1) is 11.7 Å². The smallest absolute Gasteiger partial charge is 0.325 e. The number of rotatable bonds is 3. The molecule has 0 unspecified atom stereocenters. The summed E-state index contributed by atoms with van der Waals surface area (Å²) >= 11 is 0. The van der Waals surface area contributed by atoms with E-state index in [1.165, 1.54) is 12.1 Å². The molecule has 3 aliphatic rings. The average molecular weight is 487 g/mol. The zero-order valence-corrected chi connectivity index (χ0v) is 20.0. The van der Waals surface area contributed by atoms with Gasteiger partial charge in [-0.25, -0.2) is 9.18 Å². The number of hydrogen-bond acceptors (Lipinski definition) is 4. The maximum Gasteiger partial charge on any atom is 0.325 e. The average Bonchev–Trinajstić information content (AvgIpc) is 2.88. The first-order chi connectivity index (χ1) is 17.4. The minimum absolute atomic E-state index is 0.0778. The van der Waals surface area contributed by atoms with Crippen LogP contribution in [0.4, 0.5) is 20.6 Å². The fourth-order valence-corrected chi connectivity index (χ4v) is 5.49. The molecule has 0 radical (unpaired) electrons. The standard InChI is InChI=1S/C28H27FN4O3/c1-28-18-24(23-7-2-3-8-25(23)36-28)30-27(35)33(28)22-6-4-5-19(17-22)26(34)32-15-13-31(14-16-32)21-11-9-20(29)10-12-21/h2-12,17,24H,13-16,18H2,1H3,(H,30,35)/t24-,28+/m0/s1. The number of carbonyl (C=O) groups excluding carboxylic acids is 2. The van der Waals surface area contributed by atoms with Gasteiger partial charge in [-0.1, -0.05) is 24.3 Å². The third-order valence-corrected chi connectivity index (χ3v) is 7.29. The molecule has 0 aromatic heterocycles. The third kappa shape index (κ3) is 3.82. The zero-order chi connectivity index (χ0) is 24.9. The zero-order valence-electron chi connectivity index (χ0n) is 20.0. The highest BCUT2D eigenvalue weighted by Crippen LogP contribution is 2.45. The van der Waals surface area contributed by atoms with Crippen molar-refractivity contribution in [2.24, 2.45) is 0 Å². The number of ether oxygens (including phenoxy) is 1. The molecule has 184 valence electrons. The number of carbonyl (C=O) groups is 2. The molecule has 36 heavy (non-hydrogen) atoms. The van der Waals surface area contributed by atoms with Crippen LogP contribution in [0.15, 0.2) is 72.8 Å². The van der Waals surface area contributed by atoms with E-state index in [2.05, 4.69) is 10.2 Å². The van der Waals surface area contributed by atoms with Crippen molar-refractivity contribution in [3.63, 3.8) is 0 Å². The Morgan fingerprint density at radius 2 is 1.72 bits per heavy atom. The number of benzene rings is 3. The summed E-state index contributed by atoms with van der Waals surface area (Å²) in [6.07, 6.45) is 0.597. The van der Waals surface area contributed by atoms with Gasteiger partial charge in [-0.3, -0.25) is 9.69 Å². The maximum atomic E-state index is 13.4. The molecule has 2 atom stereocenters. The Kier molecular flexibility index (Phi) is 5.32. The van der Waals surface area contributed by atoms with Crippen LogP contribution in [0.2, 0.25) is 0 Å². The van der Waals surface area contributed by atoms with Crippen molar-refractivity contribution >= 4 is 23.3 Å². The Hall–Kier alpha value is -4.07. The molecule has 1 N–H and O–H groups in total. The largest absolute Gasteiger partial charge is 0.467 e. The second kappa shape index (κ2) is 8.55. The summed E-state index contributed by atoms with van der Waals surface area (Å²) in [7, 11) is 0. The molecule has 0 saturated carbocycles. The normalized spacial score (nSPS) is 23.0. The Bertz CT molecular complexity index is 1320. The van der Waals surface area contributed by atoms with Crippen molar-refractivity contribution in [2.75, 3.05) is 36.0 Å². The quantitative estimate of drug-likeness (QED) is 0.590. The second-order valence-electron chi connectivity index (χ2n) is 9.66. The van der Waals surface area contributed by atoms with Crippen LogP contribution in [0.1, 0.15) is 35.3 Å². The summed E-state index contributed by atoms with van der Waals surface area (Å²) in [6.45, 7) is 4.36. The SMILES string of the molecule is C[C@@]12C[C@H](NC(=O)N1c1cccc(C(=O)N3CCN(c4ccc(F)cc4)CC3)c1)c1ccccc1O2. The Labute approximate surface area is 209 Å². The van der Waals surface area contributed by atoms with Crippen LogP contribution in [0.5, 0.6) is 5.75 Å². The van der Waals surface area contributed by atoms with E-state index in [0.717, 1.165) is 17.0 Å². The van der Waals surface area contributed by atoms with Crippen LogP contribution in [-0.2, 0) is 0 Å². The van der Waals surface area contributed by atoms with Gasteiger partial charge in [0.2, 0.25) is 0 Å². The van der Waals surface area contributed by atoms with Gasteiger partial charge in [-0.05, 0) is 55.5 Å². The molecule has 3 amide bonds. The third-order valence-electron chi connectivity index (χ3n) is 7.29. The summed E-state index contributed by atoms with van der Waals surface area (Å²) in [6, 6.07) is 21.0. The van der Waals surface area contributed by atoms with Gasteiger partial charge < -0.3 is 19.9 Å². The van der Waals surface area contributed by atoms with E-state index in [9.17, 15) is 14.0 Å². The molecule has 3 aromatic rings. The number of fused-ring (bicyclic) bond motifs is 4. The number of urea groups is 1. The monoisotopic (exact) mass is 486 g/mol. The van der Waals surface area contributed by atoms with Crippen LogP contribution in [0.3, 0.4) is 0 Å². The van der Waals surface area contributed by atoms with Crippen LogP contribution < -0.4 is 19.9 Å². The number of hydrogen-bond donors (Lipinski definition) is 1. The molecule has 2 fully saturated rings.